The van der Waals surface area contributed by atoms with Crippen molar-refractivity contribution in [1.82, 2.24) is 9.88 Å². The Morgan fingerprint density at radius 1 is 1.29 bits per heavy atom. The third-order valence-electron chi connectivity index (χ3n) is 3.92. The van der Waals surface area contributed by atoms with Crippen LogP contribution in [0.15, 0.2) is 18.5 Å². The Balaban J connectivity index is 2.15. The van der Waals surface area contributed by atoms with Crippen molar-refractivity contribution in [1.29, 1.82) is 0 Å². The Morgan fingerprint density at radius 2 is 1.95 bits per heavy atom. The van der Waals surface area contributed by atoms with Gasteiger partial charge >= 0.3 is 0 Å². The normalized spacial score (nSPS) is 18.8. The molecule has 0 aliphatic carbocycles. The Morgan fingerprint density at radius 3 is 2.57 bits per heavy atom. The summed E-state index contributed by atoms with van der Waals surface area (Å²) in [7, 11) is 0. The van der Waals surface area contributed by atoms with Crippen LogP contribution in [-0.4, -0.2) is 52.9 Å². The molecule has 1 aliphatic heterocycles. The van der Waals surface area contributed by atoms with E-state index >= 15 is 0 Å². The third kappa shape index (κ3) is 3.93. The summed E-state index contributed by atoms with van der Waals surface area (Å²) < 4.78 is 11.0. The van der Waals surface area contributed by atoms with Gasteiger partial charge in [0.2, 0.25) is 0 Å². The molecule has 0 bridgehead atoms. The maximum atomic E-state index is 10.8. The quantitative estimate of drug-likeness (QED) is 0.900. The molecule has 1 aromatic heterocycles. The lowest BCUT2D eigenvalue weighted by atomic mass is 9.90. The van der Waals surface area contributed by atoms with Gasteiger partial charge in [0, 0.05) is 30.4 Å². The van der Waals surface area contributed by atoms with Gasteiger partial charge in [0.15, 0.2) is 0 Å². The number of morpholine rings is 1. The van der Waals surface area contributed by atoms with Crippen molar-refractivity contribution < 1.29 is 14.6 Å². The monoisotopic (exact) mass is 294 g/mol. The highest BCUT2D eigenvalue weighted by atomic mass is 16.5. The molecular formula is C16H26N2O3. The molecule has 1 N–H and O–H groups in total. The fourth-order valence-corrected chi connectivity index (χ4v) is 2.64. The summed E-state index contributed by atoms with van der Waals surface area (Å²) >= 11 is 0. The van der Waals surface area contributed by atoms with E-state index in [-0.39, 0.29) is 11.6 Å². The second kappa shape index (κ2) is 6.73. The second-order valence-corrected chi connectivity index (χ2v) is 6.28. The van der Waals surface area contributed by atoms with Gasteiger partial charge in [-0.2, -0.15) is 0 Å². The highest BCUT2D eigenvalue weighted by molar-refractivity contribution is 5.27. The van der Waals surface area contributed by atoms with Crippen LogP contribution >= 0.6 is 0 Å². The average Bonchev–Trinajstić information content (AvgIpc) is 2.47. The standard InChI is InChI=1S/C16H26N2O3/c1-12(2)21-14-9-13(10-17-11-14)15(19)16(3,4)18-5-7-20-8-6-18/h9-12,15,19H,5-8H2,1-4H3. The zero-order valence-electron chi connectivity index (χ0n) is 13.4. The molecule has 1 saturated heterocycles. The topological polar surface area (TPSA) is 54.8 Å². The predicted octanol–water partition coefficient (Wildman–Crippen LogP) is 2.01. The van der Waals surface area contributed by atoms with Crippen molar-refractivity contribution in [2.75, 3.05) is 26.3 Å². The van der Waals surface area contributed by atoms with E-state index in [1.54, 1.807) is 12.4 Å². The van der Waals surface area contributed by atoms with Crippen LogP contribution in [0, 0.1) is 0 Å². The Kier molecular flexibility index (Phi) is 5.19. The van der Waals surface area contributed by atoms with Crippen molar-refractivity contribution >= 4 is 0 Å². The van der Waals surface area contributed by atoms with Crippen molar-refractivity contribution in [3.8, 4) is 5.75 Å². The van der Waals surface area contributed by atoms with Gasteiger partial charge in [0.1, 0.15) is 5.75 Å². The van der Waals surface area contributed by atoms with Crippen LogP contribution in [0.2, 0.25) is 0 Å². The van der Waals surface area contributed by atoms with Crippen LogP contribution in [0.4, 0.5) is 0 Å². The molecule has 1 atom stereocenters. The van der Waals surface area contributed by atoms with Crippen LogP contribution in [-0.2, 0) is 4.74 Å². The highest BCUT2D eigenvalue weighted by Gasteiger charge is 2.36. The largest absolute Gasteiger partial charge is 0.489 e. The molecule has 2 heterocycles. The number of nitrogens with zero attached hydrogens (tertiary/aromatic N) is 2. The zero-order valence-corrected chi connectivity index (χ0v) is 13.4. The van der Waals surface area contributed by atoms with Crippen LogP contribution in [0.3, 0.4) is 0 Å². The minimum Gasteiger partial charge on any atom is -0.489 e. The van der Waals surface area contributed by atoms with Crippen molar-refractivity contribution in [2.24, 2.45) is 0 Å². The molecular weight excluding hydrogens is 268 g/mol. The van der Waals surface area contributed by atoms with Crippen molar-refractivity contribution in [2.45, 2.75) is 45.4 Å². The summed E-state index contributed by atoms with van der Waals surface area (Å²) in [6, 6.07) is 1.87. The SMILES string of the molecule is CC(C)Oc1cncc(C(O)C(C)(C)N2CCOCC2)c1. The molecule has 5 nitrogen and oxygen atoms in total. The van der Waals surface area contributed by atoms with Crippen LogP contribution in [0.1, 0.15) is 39.4 Å². The summed E-state index contributed by atoms with van der Waals surface area (Å²) in [6.45, 7) is 11.1. The van der Waals surface area contributed by atoms with E-state index in [4.69, 9.17) is 9.47 Å². The lowest BCUT2D eigenvalue weighted by Crippen LogP contribution is -2.53. The Labute approximate surface area is 126 Å². The first-order chi connectivity index (χ1) is 9.91. The van der Waals surface area contributed by atoms with Crippen LogP contribution in [0.25, 0.3) is 0 Å². The maximum Gasteiger partial charge on any atom is 0.138 e. The first kappa shape index (κ1) is 16.2. The highest BCUT2D eigenvalue weighted by Crippen LogP contribution is 2.32. The summed E-state index contributed by atoms with van der Waals surface area (Å²) in [5, 5.41) is 10.8. The second-order valence-electron chi connectivity index (χ2n) is 6.28. The molecule has 5 heteroatoms. The summed E-state index contributed by atoms with van der Waals surface area (Å²) in [5.41, 5.74) is 0.409. The zero-order chi connectivity index (χ0) is 15.5. The number of aromatic nitrogens is 1. The lowest BCUT2D eigenvalue weighted by Gasteiger charge is -2.43. The number of aliphatic hydroxyl groups is 1. The Hall–Kier alpha value is -1.17. The minimum absolute atomic E-state index is 0.0893. The summed E-state index contributed by atoms with van der Waals surface area (Å²) in [6.07, 6.45) is 2.85. The van der Waals surface area contributed by atoms with Gasteiger partial charge in [-0.25, -0.2) is 0 Å². The smallest absolute Gasteiger partial charge is 0.138 e. The molecule has 0 amide bonds. The number of hydrogen-bond donors (Lipinski definition) is 1. The van der Waals surface area contributed by atoms with E-state index in [0.29, 0.717) is 19.0 Å². The number of aliphatic hydroxyl groups excluding tert-OH is 1. The van der Waals surface area contributed by atoms with E-state index in [1.165, 1.54) is 0 Å². The van der Waals surface area contributed by atoms with E-state index in [2.05, 4.69) is 23.7 Å². The lowest BCUT2D eigenvalue weighted by molar-refractivity contribution is -0.0631. The molecule has 1 fully saturated rings. The fraction of sp³-hybridized carbons (Fsp3) is 0.688. The van der Waals surface area contributed by atoms with Gasteiger partial charge < -0.3 is 14.6 Å². The van der Waals surface area contributed by atoms with Gasteiger partial charge in [0.05, 0.1) is 31.6 Å². The molecule has 0 saturated carbocycles. The average molecular weight is 294 g/mol. The first-order valence-electron chi connectivity index (χ1n) is 7.53. The van der Waals surface area contributed by atoms with E-state index in [0.717, 1.165) is 18.7 Å². The van der Waals surface area contributed by atoms with Gasteiger partial charge in [-0.3, -0.25) is 9.88 Å². The number of hydrogen-bond acceptors (Lipinski definition) is 5. The summed E-state index contributed by atoms with van der Waals surface area (Å²) in [5.74, 6) is 0.694. The predicted molar refractivity (Wildman–Crippen MR) is 81.4 cm³/mol. The molecule has 2 rings (SSSR count). The Bertz CT molecular complexity index is 457. The molecule has 0 aromatic carbocycles. The molecule has 0 radical (unpaired) electrons. The van der Waals surface area contributed by atoms with Gasteiger partial charge in [0.25, 0.3) is 0 Å². The van der Waals surface area contributed by atoms with Crippen molar-refractivity contribution in [3.63, 3.8) is 0 Å². The number of ether oxygens (including phenoxy) is 2. The third-order valence-corrected chi connectivity index (χ3v) is 3.92. The molecule has 1 aromatic rings. The van der Waals surface area contributed by atoms with E-state index < -0.39 is 6.10 Å². The van der Waals surface area contributed by atoms with E-state index in [1.807, 2.05) is 19.9 Å². The minimum atomic E-state index is -0.626. The van der Waals surface area contributed by atoms with E-state index in [9.17, 15) is 5.11 Å². The number of rotatable bonds is 5. The molecule has 21 heavy (non-hydrogen) atoms. The molecule has 0 spiro atoms. The first-order valence-corrected chi connectivity index (χ1v) is 7.53. The number of pyridine rings is 1. The molecule has 118 valence electrons. The van der Waals surface area contributed by atoms with Gasteiger partial charge in [-0.05, 0) is 33.8 Å². The van der Waals surface area contributed by atoms with Gasteiger partial charge in [-0.1, -0.05) is 0 Å². The van der Waals surface area contributed by atoms with Crippen LogP contribution < -0.4 is 4.74 Å². The van der Waals surface area contributed by atoms with Crippen molar-refractivity contribution in [3.05, 3.63) is 24.0 Å². The summed E-state index contributed by atoms with van der Waals surface area (Å²) in [4.78, 5) is 6.45. The van der Waals surface area contributed by atoms with Crippen LogP contribution in [0.5, 0.6) is 5.75 Å². The maximum absolute atomic E-state index is 10.8. The fourth-order valence-electron chi connectivity index (χ4n) is 2.64. The molecule has 1 unspecified atom stereocenters. The van der Waals surface area contributed by atoms with Gasteiger partial charge in [-0.15, -0.1) is 0 Å². The molecule has 1 aliphatic rings.